The molecule has 1 aliphatic heterocycles. The minimum absolute atomic E-state index is 0.222. The average Bonchev–Trinajstić information content (AvgIpc) is 2.84. The summed E-state index contributed by atoms with van der Waals surface area (Å²) in [6.45, 7) is 2.06. The van der Waals surface area contributed by atoms with E-state index in [0.29, 0.717) is 22.1 Å². The second-order valence-electron chi connectivity index (χ2n) is 7.71. The summed E-state index contributed by atoms with van der Waals surface area (Å²) in [5.74, 6) is -0.622. The van der Waals surface area contributed by atoms with Crippen LogP contribution in [0.3, 0.4) is 0 Å². The normalized spacial score (nSPS) is 14.8. The number of hydrogen-bond acceptors (Lipinski definition) is 5. The predicted octanol–water partition coefficient (Wildman–Crippen LogP) is 5.66. The molecule has 4 rings (SSSR count). The van der Waals surface area contributed by atoms with E-state index in [1.165, 1.54) is 19.3 Å². The van der Waals surface area contributed by atoms with Crippen LogP contribution in [0.4, 0.5) is 10.5 Å². The molecule has 1 fully saturated rings. The van der Waals surface area contributed by atoms with Crippen LogP contribution in [-0.2, 0) is 16.2 Å². The first-order valence-corrected chi connectivity index (χ1v) is 11.7. The van der Waals surface area contributed by atoms with Crippen molar-refractivity contribution in [3.8, 4) is 11.5 Å². The number of barbiturate groups is 1. The molecule has 0 bridgehead atoms. The second kappa shape index (κ2) is 10.3. The van der Waals surface area contributed by atoms with Gasteiger partial charge in [-0.3, -0.25) is 14.9 Å². The van der Waals surface area contributed by atoms with Gasteiger partial charge in [-0.05, 0) is 60.5 Å². The van der Waals surface area contributed by atoms with E-state index in [1.807, 2.05) is 24.3 Å². The molecule has 0 atom stereocenters. The first-order chi connectivity index (χ1) is 16.8. The van der Waals surface area contributed by atoms with Crippen molar-refractivity contribution in [2.45, 2.75) is 13.5 Å². The first-order valence-electron chi connectivity index (χ1n) is 10.5. The summed E-state index contributed by atoms with van der Waals surface area (Å²) < 4.78 is 12.2. The van der Waals surface area contributed by atoms with Crippen LogP contribution in [0.1, 0.15) is 16.7 Å². The number of carbonyl (C=O) groups excluding carboxylic acids is 3. The highest BCUT2D eigenvalue weighted by Crippen LogP contribution is 2.30. The number of amides is 4. The van der Waals surface area contributed by atoms with Crippen LogP contribution < -0.4 is 19.7 Å². The maximum atomic E-state index is 13.3. The van der Waals surface area contributed by atoms with Gasteiger partial charge in [0.25, 0.3) is 11.8 Å². The van der Waals surface area contributed by atoms with E-state index < -0.39 is 17.8 Å². The smallest absolute Gasteiger partial charge is 0.335 e. The molecule has 1 N–H and O–H groups in total. The second-order valence-corrected chi connectivity index (χ2v) is 9.03. The van der Waals surface area contributed by atoms with Gasteiger partial charge >= 0.3 is 6.03 Å². The third kappa shape index (κ3) is 5.39. The molecule has 0 unspecified atom stereocenters. The maximum Gasteiger partial charge on any atom is 0.335 e. The van der Waals surface area contributed by atoms with E-state index in [2.05, 4.69) is 21.2 Å². The highest BCUT2D eigenvalue weighted by atomic mass is 79.9. The zero-order valence-electron chi connectivity index (χ0n) is 18.8. The fourth-order valence-corrected chi connectivity index (χ4v) is 3.84. The molecule has 3 aromatic carbocycles. The lowest BCUT2D eigenvalue weighted by molar-refractivity contribution is -0.122. The molecule has 0 saturated carbocycles. The van der Waals surface area contributed by atoms with Gasteiger partial charge in [0.2, 0.25) is 0 Å². The molecule has 1 aliphatic rings. The van der Waals surface area contributed by atoms with Gasteiger partial charge in [-0.15, -0.1) is 0 Å². The average molecular weight is 556 g/mol. The number of aryl methyl sites for hydroxylation is 1. The van der Waals surface area contributed by atoms with E-state index >= 15 is 0 Å². The highest BCUT2D eigenvalue weighted by molar-refractivity contribution is 9.10. The number of benzene rings is 3. The Kier molecular flexibility index (Phi) is 7.23. The monoisotopic (exact) mass is 554 g/mol. The Balaban J connectivity index is 1.68. The number of ether oxygens (including phenoxy) is 2. The summed E-state index contributed by atoms with van der Waals surface area (Å²) in [6, 6.07) is 16.6. The maximum absolute atomic E-state index is 13.3. The van der Waals surface area contributed by atoms with Crippen molar-refractivity contribution >= 4 is 57.1 Å². The third-order valence-electron chi connectivity index (χ3n) is 5.34. The third-order valence-corrected chi connectivity index (χ3v) is 6.28. The molecule has 0 aromatic heterocycles. The lowest BCUT2D eigenvalue weighted by Crippen LogP contribution is -2.54. The Labute approximate surface area is 215 Å². The zero-order chi connectivity index (χ0) is 25.1. The molecule has 7 nitrogen and oxygen atoms in total. The fourth-order valence-electron chi connectivity index (χ4n) is 3.40. The molecular weight excluding hydrogens is 536 g/mol. The van der Waals surface area contributed by atoms with Crippen molar-refractivity contribution in [3.05, 3.63) is 92.4 Å². The van der Waals surface area contributed by atoms with Crippen molar-refractivity contribution in [2.75, 3.05) is 12.0 Å². The number of rotatable bonds is 6. The standard InChI is InChI=1S/C26H20BrClN2O5/c1-15-3-9-19(12-22(15)28)30-25(32)21(24(31)29-26(30)33)11-17-6-10-20(34-2)13-23(17)35-14-16-4-7-18(27)8-5-16/h3-13H,14H2,1-2H3,(H,29,31,33)/b21-11+. The molecule has 9 heteroatoms. The number of urea groups is 1. The van der Waals surface area contributed by atoms with Crippen molar-refractivity contribution < 1.29 is 23.9 Å². The molecule has 1 saturated heterocycles. The molecule has 3 aromatic rings. The number of nitrogens with zero attached hydrogens (tertiary/aromatic N) is 1. The fraction of sp³-hybridized carbons (Fsp3) is 0.115. The van der Waals surface area contributed by atoms with Crippen LogP contribution in [0, 0.1) is 6.92 Å². The lowest BCUT2D eigenvalue weighted by Gasteiger charge is -2.26. The quantitative estimate of drug-likeness (QED) is 0.313. The van der Waals surface area contributed by atoms with E-state index in [4.69, 9.17) is 21.1 Å². The molecule has 0 aliphatic carbocycles. The Morgan fingerprint density at radius 3 is 2.46 bits per heavy atom. The topological polar surface area (TPSA) is 84.9 Å². The Morgan fingerprint density at radius 1 is 1.03 bits per heavy atom. The van der Waals surface area contributed by atoms with Crippen molar-refractivity contribution in [1.82, 2.24) is 5.32 Å². The number of carbonyl (C=O) groups is 3. The summed E-state index contributed by atoms with van der Waals surface area (Å²) in [5.41, 5.74) is 2.22. The van der Waals surface area contributed by atoms with Crippen LogP contribution in [0.5, 0.6) is 11.5 Å². The number of anilines is 1. The highest BCUT2D eigenvalue weighted by Gasteiger charge is 2.37. The van der Waals surface area contributed by atoms with Crippen LogP contribution in [-0.4, -0.2) is 25.0 Å². The molecule has 4 amide bonds. The summed E-state index contributed by atoms with van der Waals surface area (Å²) >= 11 is 9.59. The summed E-state index contributed by atoms with van der Waals surface area (Å²) in [7, 11) is 1.53. The zero-order valence-corrected chi connectivity index (χ0v) is 21.1. The molecule has 178 valence electrons. The van der Waals surface area contributed by atoms with Gasteiger partial charge in [-0.25, -0.2) is 9.69 Å². The number of nitrogens with one attached hydrogen (secondary N) is 1. The summed E-state index contributed by atoms with van der Waals surface area (Å²) in [5, 5.41) is 2.61. The van der Waals surface area contributed by atoms with E-state index in [1.54, 1.807) is 37.3 Å². The number of imide groups is 2. The van der Waals surface area contributed by atoms with Gasteiger partial charge in [-0.2, -0.15) is 0 Å². The van der Waals surface area contributed by atoms with Gasteiger partial charge in [0.15, 0.2) is 0 Å². The summed E-state index contributed by atoms with van der Waals surface area (Å²) in [4.78, 5) is 39.3. The van der Waals surface area contributed by atoms with E-state index in [-0.39, 0.29) is 17.9 Å². The number of halogens is 2. The van der Waals surface area contributed by atoms with Gasteiger partial charge in [-0.1, -0.05) is 45.7 Å². The molecule has 35 heavy (non-hydrogen) atoms. The molecule has 0 radical (unpaired) electrons. The number of hydrogen-bond donors (Lipinski definition) is 1. The van der Waals surface area contributed by atoms with Gasteiger partial charge < -0.3 is 9.47 Å². The summed E-state index contributed by atoms with van der Waals surface area (Å²) in [6.07, 6.45) is 1.39. The molecule has 1 heterocycles. The largest absolute Gasteiger partial charge is 0.497 e. The van der Waals surface area contributed by atoms with Crippen molar-refractivity contribution in [1.29, 1.82) is 0 Å². The Morgan fingerprint density at radius 2 is 1.77 bits per heavy atom. The van der Waals surface area contributed by atoms with Crippen LogP contribution in [0.25, 0.3) is 6.08 Å². The van der Waals surface area contributed by atoms with Gasteiger partial charge in [0, 0.05) is 21.1 Å². The molecular formula is C26H20BrClN2O5. The number of methoxy groups -OCH3 is 1. The SMILES string of the molecule is COc1ccc(/C=C2\C(=O)NC(=O)N(c3ccc(C)c(Cl)c3)C2=O)c(OCc2ccc(Br)cc2)c1. The predicted molar refractivity (Wildman–Crippen MR) is 137 cm³/mol. The van der Waals surface area contributed by atoms with Crippen LogP contribution in [0.2, 0.25) is 5.02 Å². The Hall–Kier alpha value is -3.62. The van der Waals surface area contributed by atoms with Crippen LogP contribution >= 0.6 is 27.5 Å². The minimum atomic E-state index is -0.849. The van der Waals surface area contributed by atoms with Gasteiger partial charge in [0.05, 0.1) is 12.8 Å². The first kappa shape index (κ1) is 24.5. The van der Waals surface area contributed by atoms with E-state index in [0.717, 1.165) is 20.5 Å². The van der Waals surface area contributed by atoms with Crippen molar-refractivity contribution in [2.24, 2.45) is 0 Å². The minimum Gasteiger partial charge on any atom is -0.497 e. The Bertz CT molecular complexity index is 1350. The van der Waals surface area contributed by atoms with Crippen molar-refractivity contribution in [3.63, 3.8) is 0 Å². The van der Waals surface area contributed by atoms with E-state index in [9.17, 15) is 14.4 Å². The van der Waals surface area contributed by atoms with Crippen LogP contribution in [0.15, 0.2) is 70.7 Å². The molecule has 0 spiro atoms. The lowest BCUT2D eigenvalue weighted by atomic mass is 10.1. The van der Waals surface area contributed by atoms with Gasteiger partial charge in [0.1, 0.15) is 23.7 Å².